The molecule has 13 rings (SSSR count). The molecular weight excluding hydrogens is 791 g/mol. The molecule has 0 N–H and O–H groups in total. The predicted octanol–water partition coefficient (Wildman–Crippen LogP) is 17.4. The Labute approximate surface area is 378 Å². The SMILES string of the molecule is Cc1ccc2c(c1)C1(c3ccccc3-2)c2ccccc2-c2c(N(c3ccc(-c4cccc5ccccc45)cc3)c3cccc4c3sc3c(C(C)(C)C)cc5ccccc5c34)cccc21. The van der Waals surface area contributed by atoms with Crippen molar-refractivity contribution in [1.29, 1.82) is 0 Å². The largest absolute Gasteiger partial charge is 0.308 e. The minimum absolute atomic E-state index is 0.0368. The first kappa shape index (κ1) is 37.3. The van der Waals surface area contributed by atoms with E-state index in [1.807, 2.05) is 11.3 Å². The van der Waals surface area contributed by atoms with E-state index in [9.17, 15) is 0 Å². The molecule has 1 spiro atoms. The molecule has 1 aromatic heterocycles. The van der Waals surface area contributed by atoms with Crippen LogP contribution in [0.15, 0.2) is 200 Å². The van der Waals surface area contributed by atoms with Gasteiger partial charge in [-0.2, -0.15) is 0 Å². The zero-order valence-electron chi connectivity index (χ0n) is 36.4. The third-order valence-electron chi connectivity index (χ3n) is 14.2. The Morgan fingerprint density at radius 1 is 0.438 bits per heavy atom. The molecule has 0 radical (unpaired) electrons. The van der Waals surface area contributed by atoms with Crippen LogP contribution < -0.4 is 4.90 Å². The summed E-state index contributed by atoms with van der Waals surface area (Å²) in [6, 6.07) is 75.6. The summed E-state index contributed by atoms with van der Waals surface area (Å²) in [7, 11) is 0. The van der Waals surface area contributed by atoms with E-state index in [4.69, 9.17) is 0 Å². The second kappa shape index (κ2) is 13.6. The van der Waals surface area contributed by atoms with Crippen molar-refractivity contribution in [3.63, 3.8) is 0 Å². The van der Waals surface area contributed by atoms with Crippen molar-refractivity contribution >= 4 is 70.1 Å². The quantitative estimate of drug-likeness (QED) is 0.171. The lowest BCUT2D eigenvalue weighted by molar-refractivity contribution is 0.597. The molecule has 0 bridgehead atoms. The second-order valence-electron chi connectivity index (χ2n) is 18.9. The van der Waals surface area contributed by atoms with Crippen LogP contribution in [-0.4, -0.2) is 0 Å². The van der Waals surface area contributed by atoms with Crippen LogP contribution in [-0.2, 0) is 10.8 Å². The Kier molecular flexibility index (Phi) is 7.94. The average Bonchev–Trinajstić information content (AvgIpc) is 3.96. The van der Waals surface area contributed by atoms with Gasteiger partial charge in [-0.15, -0.1) is 11.3 Å². The van der Waals surface area contributed by atoms with Crippen LogP contribution in [0, 0.1) is 6.92 Å². The summed E-state index contributed by atoms with van der Waals surface area (Å²) in [5.74, 6) is 0. The van der Waals surface area contributed by atoms with E-state index in [0.717, 1.165) is 5.69 Å². The van der Waals surface area contributed by atoms with Crippen LogP contribution in [0.1, 0.15) is 54.2 Å². The maximum atomic E-state index is 2.58. The zero-order valence-corrected chi connectivity index (χ0v) is 37.2. The summed E-state index contributed by atoms with van der Waals surface area (Å²) in [6.07, 6.45) is 0. The number of hydrogen-bond acceptors (Lipinski definition) is 2. The number of aryl methyl sites for hydroxylation is 1. The molecule has 2 aliphatic rings. The summed E-state index contributed by atoms with van der Waals surface area (Å²) in [4.78, 5) is 2.58. The second-order valence-corrected chi connectivity index (χ2v) is 19.9. The fourth-order valence-corrected chi connectivity index (χ4v) is 13.1. The Morgan fingerprint density at radius 2 is 1.03 bits per heavy atom. The van der Waals surface area contributed by atoms with Gasteiger partial charge in [-0.1, -0.05) is 196 Å². The molecule has 0 saturated heterocycles. The van der Waals surface area contributed by atoms with Crippen molar-refractivity contribution in [2.24, 2.45) is 0 Å². The molecule has 1 atom stereocenters. The molecule has 1 nitrogen and oxygen atoms in total. The van der Waals surface area contributed by atoms with Crippen molar-refractivity contribution in [2.75, 3.05) is 4.90 Å². The summed E-state index contributed by atoms with van der Waals surface area (Å²) < 4.78 is 2.67. The zero-order chi connectivity index (χ0) is 42.9. The number of rotatable bonds is 4. The molecule has 2 heteroatoms. The summed E-state index contributed by atoms with van der Waals surface area (Å²) >= 11 is 1.95. The number of nitrogens with zero attached hydrogens (tertiary/aromatic N) is 1. The van der Waals surface area contributed by atoms with Gasteiger partial charge in [-0.25, -0.2) is 0 Å². The van der Waals surface area contributed by atoms with Gasteiger partial charge in [0.2, 0.25) is 0 Å². The minimum Gasteiger partial charge on any atom is -0.308 e. The van der Waals surface area contributed by atoms with E-state index in [1.54, 1.807) is 0 Å². The van der Waals surface area contributed by atoms with Crippen molar-refractivity contribution in [2.45, 2.75) is 38.5 Å². The highest BCUT2D eigenvalue weighted by Crippen LogP contribution is 2.65. The molecule has 1 unspecified atom stereocenters. The Bertz CT molecular complexity index is 3730. The standard InChI is InChI=1S/C62H45NS/c1-38-30-35-47-46-21-9-11-25-50(46)62(53(47)36-38)51-26-12-10-22-48(51)58-52(62)27-15-28-55(58)63(42-33-31-40(32-34-42)44-23-13-18-39-16-5-7-19-43(39)44)56-29-14-24-49-57-45-20-8-6-17-41(45)37-54(61(2,3)4)60(57)64-59(49)56/h5-37H,1-4H3. The Hall–Kier alpha value is -7.26. The molecule has 0 saturated carbocycles. The lowest BCUT2D eigenvalue weighted by Gasteiger charge is -2.32. The highest BCUT2D eigenvalue weighted by molar-refractivity contribution is 7.26. The molecule has 304 valence electrons. The molecule has 0 amide bonds. The van der Waals surface area contributed by atoms with Crippen LogP contribution in [0.2, 0.25) is 0 Å². The minimum atomic E-state index is -0.450. The van der Waals surface area contributed by atoms with Gasteiger partial charge in [0, 0.05) is 26.7 Å². The lowest BCUT2D eigenvalue weighted by Crippen LogP contribution is -2.26. The first-order valence-electron chi connectivity index (χ1n) is 22.5. The van der Waals surface area contributed by atoms with E-state index >= 15 is 0 Å². The van der Waals surface area contributed by atoms with Gasteiger partial charge in [0.1, 0.15) is 0 Å². The first-order chi connectivity index (χ1) is 31.3. The summed E-state index contributed by atoms with van der Waals surface area (Å²) in [5.41, 5.74) is 18.8. The first-order valence-corrected chi connectivity index (χ1v) is 23.3. The lowest BCUT2D eigenvalue weighted by atomic mass is 9.70. The number of hydrogen-bond donors (Lipinski definition) is 0. The molecule has 64 heavy (non-hydrogen) atoms. The van der Waals surface area contributed by atoms with E-state index < -0.39 is 5.41 Å². The third-order valence-corrected chi connectivity index (χ3v) is 15.5. The van der Waals surface area contributed by atoms with E-state index in [2.05, 4.69) is 233 Å². The van der Waals surface area contributed by atoms with E-state index in [-0.39, 0.29) is 5.41 Å². The average molecular weight is 836 g/mol. The molecular formula is C62H45NS. The molecule has 10 aromatic carbocycles. The van der Waals surface area contributed by atoms with Crippen LogP contribution in [0.4, 0.5) is 17.1 Å². The van der Waals surface area contributed by atoms with Gasteiger partial charge in [-0.05, 0) is 120 Å². The van der Waals surface area contributed by atoms with E-state index in [0.29, 0.717) is 0 Å². The van der Waals surface area contributed by atoms with Gasteiger partial charge >= 0.3 is 0 Å². The van der Waals surface area contributed by atoms with Crippen LogP contribution in [0.3, 0.4) is 0 Å². The molecule has 11 aromatic rings. The maximum absolute atomic E-state index is 2.58. The van der Waals surface area contributed by atoms with Crippen LogP contribution >= 0.6 is 11.3 Å². The summed E-state index contributed by atoms with van der Waals surface area (Å²) in [6.45, 7) is 9.30. The highest BCUT2D eigenvalue weighted by Gasteiger charge is 2.52. The van der Waals surface area contributed by atoms with Crippen LogP contribution in [0.5, 0.6) is 0 Å². The number of benzene rings is 10. The van der Waals surface area contributed by atoms with Crippen molar-refractivity contribution in [3.05, 3.63) is 234 Å². The smallest absolute Gasteiger partial charge is 0.0726 e. The van der Waals surface area contributed by atoms with Gasteiger partial charge in [0.05, 0.1) is 21.5 Å². The normalized spacial score (nSPS) is 14.9. The fourth-order valence-electron chi connectivity index (χ4n) is 11.5. The highest BCUT2D eigenvalue weighted by atomic mass is 32.1. The Balaban J connectivity index is 1.12. The van der Waals surface area contributed by atoms with E-state index in [1.165, 1.54) is 120 Å². The van der Waals surface area contributed by atoms with Crippen molar-refractivity contribution < 1.29 is 0 Å². The molecule has 0 fully saturated rings. The summed E-state index contributed by atoms with van der Waals surface area (Å²) in [5, 5.41) is 7.78. The third kappa shape index (κ3) is 5.12. The fraction of sp³-hybridized carbons (Fsp3) is 0.0968. The van der Waals surface area contributed by atoms with Gasteiger partial charge in [0.15, 0.2) is 0 Å². The molecule has 1 heterocycles. The van der Waals surface area contributed by atoms with Gasteiger partial charge in [0.25, 0.3) is 0 Å². The number of fused-ring (bicyclic) bond motifs is 16. The number of thiophene rings is 1. The number of anilines is 3. The maximum Gasteiger partial charge on any atom is 0.0726 e. The van der Waals surface area contributed by atoms with Crippen LogP contribution in [0.25, 0.3) is 75.1 Å². The predicted molar refractivity (Wildman–Crippen MR) is 274 cm³/mol. The topological polar surface area (TPSA) is 3.24 Å². The van der Waals surface area contributed by atoms with Crippen molar-refractivity contribution in [3.8, 4) is 33.4 Å². The van der Waals surface area contributed by atoms with Crippen molar-refractivity contribution in [1.82, 2.24) is 0 Å². The molecule has 0 aliphatic heterocycles. The Morgan fingerprint density at radius 3 is 1.84 bits per heavy atom. The monoisotopic (exact) mass is 835 g/mol. The molecule has 2 aliphatic carbocycles. The van der Waals surface area contributed by atoms with Gasteiger partial charge in [-0.3, -0.25) is 0 Å². The van der Waals surface area contributed by atoms with Gasteiger partial charge < -0.3 is 4.90 Å².